The molecule has 0 fully saturated rings. The minimum Gasteiger partial charge on any atom is -0.356 e. The second-order valence-corrected chi connectivity index (χ2v) is 5.38. The molecule has 3 aromatic rings. The van der Waals surface area contributed by atoms with E-state index in [1.165, 1.54) is 17.4 Å². The molecule has 0 aliphatic heterocycles. The van der Waals surface area contributed by atoms with Crippen LogP contribution in [-0.4, -0.2) is 21.6 Å². The third kappa shape index (κ3) is 1.79. The Bertz CT molecular complexity index is 721. The third-order valence-corrected chi connectivity index (χ3v) is 3.82. The van der Waals surface area contributed by atoms with Crippen LogP contribution in [0.2, 0.25) is 0 Å². The van der Waals surface area contributed by atoms with E-state index in [0.29, 0.717) is 17.2 Å². The predicted molar refractivity (Wildman–Crippen MR) is 73.5 cm³/mol. The third-order valence-electron chi connectivity index (χ3n) is 2.51. The summed E-state index contributed by atoms with van der Waals surface area (Å²) in [7, 11) is 1.75. The maximum atomic E-state index is 13.9. The maximum Gasteiger partial charge on any atom is 0.243 e. The molecule has 1 N–H and O–H groups in total. The molecule has 3 rings (SSSR count). The monoisotopic (exact) mass is 326 g/mol. The van der Waals surface area contributed by atoms with Gasteiger partial charge in [0, 0.05) is 22.5 Å². The predicted octanol–water partition coefficient (Wildman–Crippen LogP) is 3.40. The van der Waals surface area contributed by atoms with Crippen LogP contribution in [0.25, 0.3) is 16.2 Å². The highest BCUT2D eigenvalue weighted by Gasteiger charge is 2.14. The minimum absolute atomic E-state index is 0.278. The van der Waals surface area contributed by atoms with E-state index in [0.717, 1.165) is 9.43 Å². The molecule has 18 heavy (non-hydrogen) atoms. The van der Waals surface area contributed by atoms with Gasteiger partial charge in [0.2, 0.25) is 10.9 Å². The number of hydrogen-bond acceptors (Lipinski definition) is 4. The van der Waals surface area contributed by atoms with Gasteiger partial charge in [-0.15, -0.1) is 16.4 Å². The van der Waals surface area contributed by atoms with Gasteiger partial charge in [0.05, 0.1) is 5.69 Å². The van der Waals surface area contributed by atoms with Crippen molar-refractivity contribution in [2.75, 3.05) is 12.4 Å². The first kappa shape index (κ1) is 11.6. The van der Waals surface area contributed by atoms with Crippen molar-refractivity contribution in [2.24, 2.45) is 0 Å². The molecule has 1 aromatic carbocycles. The largest absolute Gasteiger partial charge is 0.356 e. The summed E-state index contributed by atoms with van der Waals surface area (Å²) in [5.41, 5.74) is 1.20. The van der Waals surface area contributed by atoms with Crippen LogP contribution in [0.15, 0.2) is 28.1 Å². The first-order valence-corrected chi connectivity index (χ1v) is 6.84. The zero-order valence-electron chi connectivity index (χ0n) is 9.32. The van der Waals surface area contributed by atoms with Crippen molar-refractivity contribution in [2.45, 2.75) is 0 Å². The van der Waals surface area contributed by atoms with Gasteiger partial charge in [-0.1, -0.05) is 15.9 Å². The molecule has 0 amide bonds. The molecule has 0 aliphatic rings. The molecule has 0 radical (unpaired) electrons. The highest BCUT2D eigenvalue weighted by molar-refractivity contribution is 9.10. The number of fused-ring (bicyclic) bond motifs is 1. The van der Waals surface area contributed by atoms with Gasteiger partial charge in [0.25, 0.3) is 0 Å². The smallest absolute Gasteiger partial charge is 0.243 e. The fourth-order valence-electron chi connectivity index (χ4n) is 1.67. The SMILES string of the molecule is CNc1nc2scc(-c3cc(Br)ccc3F)n2n1. The van der Waals surface area contributed by atoms with Crippen molar-refractivity contribution in [3.8, 4) is 11.3 Å². The second-order valence-electron chi connectivity index (χ2n) is 3.62. The number of benzene rings is 1. The fourth-order valence-corrected chi connectivity index (χ4v) is 2.85. The van der Waals surface area contributed by atoms with Crippen LogP contribution >= 0.6 is 27.3 Å². The Balaban J connectivity index is 2.24. The lowest BCUT2D eigenvalue weighted by atomic mass is 10.1. The Hall–Kier alpha value is -1.47. The molecule has 4 nitrogen and oxygen atoms in total. The Morgan fingerprint density at radius 3 is 3.06 bits per heavy atom. The molecule has 0 atom stereocenters. The molecule has 0 aliphatic carbocycles. The standard InChI is InChI=1S/C11H8BrFN4S/c1-14-10-15-11-17(16-10)9(5-18-11)7-4-6(12)2-3-8(7)13/h2-5H,1H3,(H,14,16). The van der Waals surface area contributed by atoms with Crippen molar-refractivity contribution in [1.82, 2.24) is 14.6 Å². The Kier molecular flexibility index (Phi) is 2.79. The molecule has 0 saturated carbocycles. The maximum absolute atomic E-state index is 13.9. The van der Waals surface area contributed by atoms with E-state index < -0.39 is 0 Å². The molecular weight excluding hydrogens is 319 g/mol. The van der Waals surface area contributed by atoms with Gasteiger partial charge in [-0.05, 0) is 18.2 Å². The Morgan fingerprint density at radius 2 is 2.28 bits per heavy atom. The number of nitrogens with zero attached hydrogens (tertiary/aromatic N) is 3. The topological polar surface area (TPSA) is 42.2 Å². The van der Waals surface area contributed by atoms with E-state index in [9.17, 15) is 4.39 Å². The van der Waals surface area contributed by atoms with Crippen LogP contribution in [0.5, 0.6) is 0 Å². The van der Waals surface area contributed by atoms with E-state index in [1.54, 1.807) is 23.7 Å². The average Bonchev–Trinajstić information content (AvgIpc) is 2.91. The summed E-state index contributed by atoms with van der Waals surface area (Å²) in [6.45, 7) is 0. The lowest BCUT2D eigenvalue weighted by Crippen LogP contribution is -1.94. The summed E-state index contributed by atoms with van der Waals surface area (Å²) in [6, 6.07) is 4.83. The van der Waals surface area contributed by atoms with E-state index in [1.807, 2.05) is 5.38 Å². The van der Waals surface area contributed by atoms with Gasteiger partial charge in [0.15, 0.2) is 0 Å². The number of rotatable bonds is 2. The summed E-state index contributed by atoms with van der Waals surface area (Å²) in [4.78, 5) is 4.98. The minimum atomic E-state index is -0.278. The van der Waals surface area contributed by atoms with E-state index >= 15 is 0 Å². The Morgan fingerprint density at radius 1 is 1.44 bits per heavy atom. The summed E-state index contributed by atoms with van der Waals surface area (Å²) in [6.07, 6.45) is 0. The fraction of sp³-hybridized carbons (Fsp3) is 0.0909. The van der Waals surface area contributed by atoms with Gasteiger partial charge in [-0.2, -0.15) is 4.98 Å². The molecule has 0 unspecified atom stereocenters. The van der Waals surface area contributed by atoms with Crippen LogP contribution in [0, 0.1) is 5.82 Å². The summed E-state index contributed by atoms with van der Waals surface area (Å²) in [5, 5.41) is 8.98. The van der Waals surface area contributed by atoms with E-state index in [4.69, 9.17) is 0 Å². The molecule has 92 valence electrons. The summed E-state index contributed by atoms with van der Waals surface area (Å²) >= 11 is 4.77. The Labute approximate surface area is 115 Å². The lowest BCUT2D eigenvalue weighted by Gasteiger charge is -2.01. The van der Waals surface area contributed by atoms with Crippen molar-refractivity contribution in [3.63, 3.8) is 0 Å². The first-order valence-electron chi connectivity index (χ1n) is 5.16. The van der Waals surface area contributed by atoms with Crippen LogP contribution in [0.3, 0.4) is 0 Å². The number of halogens is 2. The van der Waals surface area contributed by atoms with Crippen molar-refractivity contribution in [3.05, 3.63) is 33.9 Å². The van der Waals surface area contributed by atoms with Crippen molar-refractivity contribution >= 4 is 38.2 Å². The van der Waals surface area contributed by atoms with E-state index in [-0.39, 0.29) is 5.82 Å². The van der Waals surface area contributed by atoms with Gasteiger partial charge < -0.3 is 5.32 Å². The van der Waals surface area contributed by atoms with Crippen LogP contribution in [-0.2, 0) is 0 Å². The highest BCUT2D eigenvalue weighted by atomic mass is 79.9. The molecule has 2 aromatic heterocycles. The lowest BCUT2D eigenvalue weighted by molar-refractivity contribution is 0.630. The van der Waals surface area contributed by atoms with Crippen LogP contribution in [0.4, 0.5) is 10.3 Å². The normalized spacial score (nSPS) is 11.1. The molecular formula is C11H8BrFN4S. The van der Waals surface area contributed by atoms with Crippen molar-refractivity contribution in [1.29, 1.82) is 0 Å². The van der Waals surface area contributed by atoms with Gasteiger partial charge in [-0.25, -0.2) is 8.91 Å². The van der Waals surface area contributed by atoms with E-state index in [2.05, 4.69) is 31.3 Å². The first-order chi connectivity index (χ1) is 8.69. The van der Waals surface area contributed by atoms with Crippen LogP contribution < -0.4 is 5.32 Å². The molecule has 0 spiro atoms. The molecule has 0 saturated heterocycles. The zero-order valence-corrected chi connectivity index (χ0v) is 11.7. The second kappa shape index (κ2) is 4.33. The number of aromatic nitrogens is 3. The number of anilines is 1. The summed E-state index contributed by atoms with van der Waals surface area (Å²) < 4.78 is 16.3. The van der Waals surface area contributed by atoms with Gasteiger partial charge in [-0.3, -0.25) is 0 Å². The summed E-state index contributed by atoms with van der Waals surface area (Å²) in [5.74, 6) is 0.248. The van der Waals surface area contributed by atoms with Crippen molar-refractivity contribution < 1.29 is 4.39 Å². The highest BCUT2D eigenvalue weighted by Crippen LogP contribution is 2.29. The molecule has 2 heterocycles. The average molecular weight is 327 g/mol. The number of thiazole rings is 1. The number of nitrogens with one attached hydrogen (secondary N) is 1. The number of hydrogen-bond donors (Lipinski definition) is 1. The molecule has 0 bridgehead atoms. The van der Waals surface area contributed by atoms with Gasteiger partial charge in [0.1, 0.15) is 5.82 Å². The quantitative estimate of drug-likeness (QED) is 0.784. The van der Waals surface area contributed by atoms with Gasteiger partial charge >= 0.3 is 0 Å². The zero-order chi connectivity index (χ0) is 12.7. The molecule has 7 heteroatoms. The van der Waals surface area contributed by atoms with Crippen LogP contribution in [0.1, 0.15) is 0 Å².